The minimum atomic E-state index is -2.27. The van der Waals surface area contributed by atoms with E-state index in [4.69, 9.17) is 35.5 Å². The number of thiophene rings is 1. The molecule has 0 unspecified atom stereocenters. The van der Waals surface area contributed by atoms with Gasteiger partial charge in [-0.2, -0.15) is 14.8 Å². The lowest BCUT2D eigenvalue weighted by molar-refractivity contribution is -0.165. The molecule has 0 radical (unpaired) electrons. The van der Waals surface area contributed by atoms with E-state index in [0.717, 1.165) is 66.4 Å². The number of carbonyl (C=O) groups is 2. The van der Waals surface area contributed by atoms with E-state index in [9.17, 15) is 14.0 Å². The molecule has 1 fully saturated rings. The second kappa shape index (κ2) is 14.1. The number of aryl methyl sites for hydroxylation is 1. The molecule has 13 nitrogen and oxygen atoms in total. The first-order valence-corrected chi connectivity index (χ1v) is 14.4. The van der Waals surface area contributed by atoms with Crippen molar-refractivity contribution in [2.45, 2.75) is 57.1 Å². The molecule has 15 heteroatoms. The third kappa shape index (κ3) is 7.60. The number of carboxylic acid groups (broad SMARTS) is 2. The van der Waals surface area contributed by atoms with Crippen LogP contribution in [0.3, 0.4) is 0 Å². The van der Waals surface area contributed by atoms with Crippen molar-refractivity contribution in [1.29, 1.82) is 5.26 Å². The molecule has 1 saturated heterocycles. The molecular formula is C28H33FN6O7S. The third-order valence-electron chi connectivity index (χ3n) is 7.41. The van der Waals surface area contributed by atoms with Gasteiger partial charge in [0.1, 0.15) is 5.60 Å². The summed E-state index contributed by atoms with van der Waals surface area (Å²) < 4.78 is 22.0. The highest BCUT2D eigenvalue weighted by Gasteiger charge is 2.42. The van der Waals surface area contributed by atoms with Gasteiger partial charge >= 0.3 is 11.9 Å². The molecule has 230 valence electrons. The fourth-order valence-electron chi connectivity index (χ4n) is 5.13. The Balaban J connectivity index is 0.000000365. The summed E-state index contributed by atoms with van der Waals surface area (Å²) in [6.45, 7) is 6.15. The van der Waals surface area contributed by atoms with E-state index in [1.807, 2.05) is 23.7 Å². The highest BCUT2D eigenvalue weighted by molar-refractivity contribution is 7.10. The van der Waals surface area contributed by atoms with Gasteiger partial charge in [0.15, 0.2) is 23.2 Å². The molecule has 43 heavy (non-hydrogen) atoms. The highest BCUT2D eigenvalue weighted by Crippen LogP contribution is 2.45. The standard InChI is InChI=1S/C24H27FN6OS.C4H6O6/c1-17-20(16-31(29-17)23-19(3-2-8-28-23)14-27-9-7-26)15-30-10-5-24(6-11-30)22-18(4-12-32-24)13-21(25)33-22;5-1(3(7)8)2(6)4(9)10/h2-3,8,13,16,27H,4-6,9-12,14-15H2,1H3;1-2,5-6H,(H,7,8)(H,9,10)/t;1-,2-/m.1/s1. The Hall–Kier alpha value is -3.78. The van der Waals surface area contributed by atoms with Gasteiger partial charge in [0.25, 0.3) is 0 Å². The van der Waals surface area contributed by atoms with Gasteiger partial charge in [-0.05, 0) is 43.9 Å². The third-order valence-corrected chi connectivity index (χ3v) is 8.56. The number of pyridine rings is 1. The van der Waals surface area contributed by atoms with E-state index in [1.54, 1.807) is 12.3 Å². The van der Waals surface area contributed by atoms with E-state index >= 15 is 0 Å². The van der Waals surface area contributed by atoms with Gasteiger partial charge in [-0.1, -0.05) is 6.07 Å². The van der Waals surface area contributed by atoms with Crippen LogP contribution in [0.15, 0.2) is 30.6 Å². The second-order valence-corrected chi connectivity index (χ2v) is 11.3. The summed E-state index contributed by atoms with van der Waals surface area (Å²) in [5.41, 5.74) is 3.95. The number of ether oxygens (including phenoxy) is 1. The van der Waals surface area contributed by atoms with E-state index in [0.29, 0.717) is 13.2 Å². The van der Waals surface area contributed by atoms with Crippen LogP contribution in [0.5, 0.6) is 0 Å². The minimum absolute atomic E-state index is 0.105. The van der Waals surface area contributed by atoms with Crippen LogP contribution in [-0.4, -0.2) is 90.5 Å². The summed E-state index contributed by atoms with van der Waals surface area (Å²) in [7, 11) is 0. The monoisotopic (exact) mass is 616 g/mol. The summed E-state index contributed by atoms with van der Waals surface area (Å²) in [6.07, 6.45) is 1.84. The Morgan fingerprint density at radius 3 is 2.58 bits per heavy atom. The second-order valence-electron chi connectivity index (χ2n) is 10.3. The van der Waals surface area contributed by atoms with Crippen LogP contribution in [0.25, 0.3) is 5.82 Å². The molecular weight excluding hydrogens is 583 g/mol. The van der Waals surface area contributed by atoms with Crippen molar-refractivity contribution in [2.24, 2.45) is 0 Å². The molecule has 3 aromatic rings. The Morgan fingerprint density at radius 1 is 1.23 bits per heavy atom. The van der Waals surface area contributed by atoms with Gasteiger partial charge in [-0.3, -0.25) is 4.90 Å². The number of aliphatic carboxylic acids is 2. The van der Waals surface area contributed by atoms with E-state index in [-0.39, 0.29) is 17.3 Å². The summed E-state index contributed by atoms with van der Waals surface area (Å²) in [5, 5.41) is 49.0. The number of hydrogen-bond donors (Lipinski definition) is 5. The number of nitriles is 1. The van der Waals surface area contributed by atoms with Crippen molar-refractivity contribution in [1.82, 2.24) is 25.0 Å². The molecule has 5 N–H and O–H groups in total. The maximum Gasteiger partial charge on any atom is 0.335 e. The van der Waals surface area contributed by atoms with Gasteiger partial charge in [0, 0.05) is 54.6 Å². The lowest BCUT2D eigenvalue weighted by Gasteiger charge is -2.43. The number of hydrogen-bond acceptors (Lipinski definition) is 11. The van der Waals surface area contributed by atoms with Crippen LogP contribution in [0.1, 0.15) is 40.1 Å². The summed E-state index contributed by atoms with van der Waals surface area (Å²) in [5.74, 6) is -2.76. The molecule has 0 aliphatic carbocycles. The maximum atomic E-state index is 13.9. The van der Waals surface area contributed by atoms with Gasteiger partial charge in [-0.15, -0.1) is 11.3 Å². The van der Waals surface area contributed by atoms with E-state index in [1.165, 1.54) is 16.9 Å². The van der Waals surface area contributed by atoms with Gasteiger partial charge in [0.2, 0.25) is 0 Å². The zero-order valence-corrected chi connectivity index (χ0v) is 24.3. The molecule has 0 saturated carbocycles. The Labute approximate surface area is 250 Å². The van der Waals surface area contributed by atoms with E-state index < -0.39 is 24.1 Å². The number of aliphatic hydroxyl groups excluding tert-OH is 2. The number of rotatable bonds is 9. The summed E-state index contributed by atoms with van der Waals surface area (Å²) in [6, 6.07) is 7.68. The van der Waals surface area contributed by atoms with Crippen LogP contribution >= 0.6 is 11.3 Å². The van der Waals surface area contributed by atoms with Crippen LogP contribution in [0, 0.1) is 23.4 Å². The molecule has 0 aromatic carbocycles. The van der Waals surface area contributed by atoms with Crippen molar-refractivity contribution >= 4 is 23.3 Å². The van der Waals surface area contributed by atoms with Crippen molar-refractivity contribution in [3.05, 3.63) is 63.0 Å². The van der Waals surface area contributed by atoms with Crippen LogP contribution in [-0.2, 0) is 39.4 Å². The Bertz CT molecular complexity index is 1460. The number of piperidine rings is 1. The number of fused-ring (bicyclic) bond motifs is 2. The number of halogens is 1. The smallest absolute Gasteiger partial charge is 0.335 e. The largest absolute Gasteiger partial charge is 0.479 e. The fourth-order valence-corrected chi connectivity index (χ4v) is 6.27. The van der Waals surface area contributed by atoms with Crippen LogP contribution < -0.4 is 5.32 Å². The van der Waals surface area contributed by atoms with Crippen molar-refractivity contribution in [3.8, 4) is 11.9 Å². The zero-order chi connectivity index (χ0) is 31.1. The van der Waals surface area contributed by atoms with Gasteiger partial charge in [-0.25, -0.2) is 19.3 Å². The van der Waals surface area contributed by atoms with Crippen LogP contribution in [0.2, 0.25) is 0 Å². The SMILES string of the molecule is Cc1nn(-c2ncccc2CNCC#N)cc1CN1CCC2(CC1)OCCc1cc(F)sc12.O=C(O)[C@H](O)[C@@H](O)C(=O)O. The van der Waals surface area contributed by atoms with Gasteiger partial charge in [0.05, 0.1) is 24.9 Å². The number of aliphatic hydroxyl groups is 2. The topological polar surface area (TPSA) is 194 Å². The average Bonchev–Trinajstić information content (AvgIpc) is 3.56. The quantitative estimate of drug-likeness (QED) is 0.171. The van der Waals surface area contributed by atoms with Crippen molar-refractivity contribution < 1.29 is 39.1 Å². The zero-order valence-electron chi connectivity index (χ0n) is 23.4. The van der Waals surface area contributed by atoms with Crippen LogP contribution in [0.4, 0.5) is 4.39 Å². The average molecular weight is 617 g/mol. The first-order valence-electron chi connectivity index (χ1n) is 13.6. The molecule has 0 amide bonds. The molecule has 5 rings (SSSR count). The molecule has 1 spiro atoms. The number of likely N-dealkylation sites (tertiary alicyclic amines) is 1. The maximum absolute atomic E-state index is 13.9. The fraction of sp³-hybridized carbons (Fsp3) is 0.464. The van der Waals surface area contributed by atoms with Gasteiger partial charge < -0.3 is 30.5 Å². The molecule has 5 heterocycles. The normalized spacial score (nSPS) is 17.3. The first kappa shape index (κ1) is 32.1. The molecule has 2 atom stereocenters. The lowest BCUT2D eigenvalue weighted by Crippen LogP contribution is -2.45. The molecule has 2 aliphatic rings. The lowest BCUT2D eigenvalue weighted by atomic mass is 9.85. The number of aromatic nitrogens is 3. The number of carboxylic acids is 2. The first-order chi connectivity index (χ1) is 20.5. The number of nitrogens with one attached hydrogen (secondary N) is 1. The number of nitrogens with zero attached hydrogens (tertiary/aromatic N) is 5. The van der Waals surface area contributed by atoms with Crippen molar-refractivity contribution in [2.75, 3.05) is 26.2 Å². The molecule has 2 aliphatic heterocycles. The molecule has 0 bridgehead atoms. The molecule has 3 aromatic heterocycles. The predicted molar refractivity (Wildman–Crippen MR) is 151 cm³/mol. The Kier molecular flexibility index (Phi) is 10.6. The van der Waals surface area contributed by atoms with Crippen molar-refractivity contribution in [3.63, 3.8) is 0 Å². The predicted octanol–water partition coefficient (Wildman–Crippen LogP) is 1.33. The van der Waals surface area contributed by atoms with E-state index in [2.05, 4.69) is 27.5 Å². The minimum Gasteiger partial charge on any atom is -0.479 e. The Morgan fingerprint density at radius 2 is 1.93 bits per heavy atom. The highest BCUT2D eigenvalue weighted by atomic mass is 32.1. The summed E-state index contributed by atoms with van der Waals surface area (Å²) >= 11 is 1.26. The summed E-state index contributed by atoms with van der Waals surface area (Å²) in [4.78, 5) is 27.6.